The molecule has 0 radical (unpaired) electrons. The van der Waals surface area contributed by atoms with Crippen LogP contribution in [0.1, 0.15) is 13.3 Å². The number of pyridine rings is 1. The van der Waals surface area contributed by atoms with Gasteiger partial charge in [0, 0.05) is 18.3 Å². The van der Waals surface area contributed by atoms with Gasteiger partial charge in [-0.25, -0.2) is 0 Å². The molecule has 4 heteroatoms. The Labute approximate surface area is 88.4 Å². The van der Waals surface area contributed by atoms with Crippen LogP contribution in [-0.4, -0.2) is 23.7 Å². The molecule has 1 aromatic rings. The lowest BCUT2D eigenvalue weighted by Crippen LogP contribution is -2.51. The molecule has 1 fully saturated rings. The highest BCUT2D eigenvalue weighted by Crippen LogP contribution is 2.19. The summed E-state index contributed by atoms with van der Waals surface area (Å²) in [5.41, 5.74) is 0. The molecule has 0 aromatic carbocycles. The maximum absolute atomic E-state index is 5.80. The van der Waals surface area contributed by atoms with Crippen LogP contribution in [0.5, 0.6) is 5.75 Å². The number of hydrogen-bond donors (Lipinski definition) is 1. The maximum Gasteiger partial charge on any atom is 0.139 e. The third kappa shape index (κ3) is 2.16. The molecule has 1 saturated heterocycles. The minimum Gasteiger partial charge on any atom is -0.487 e. The number of rotatable bonds is 3. The van der Waals surface area contributed by atoms with Gasteiger partial charge in [-0.1, -0.05) is 11.6 Å². The Hall–Kier alpha value is -0.800. The summed E-state index contributed by atoms with van der Waals surface area (Å²) in [6.45, 7) is 3.14. The third-order valence-corrected chi connectivity index (χ3v) is 2.64. The van der Waals surface area contributed by atoms with Crippen LogP contribution >= 0.6 is 11.6 Å². The van der Waals surface area contributed by atoms with Gasteiger partial charge in [-0.2, -0.15) is 0 Å². The Morgan fingerprint density at radius 2 is 2.43 bits per heavy atom. The van der Waals surface area contributed by atoms with Crippen LogP contribution in [0, 0.1) is 0 Å². The van der Waals surface area contributed by atoms with E-state index in [2.05, 4.69) is 17.2 Å². The summed E-state index contributed by atoms with van der Waals surface area (Å²) in [5, 5.41) is 3.91. The fourth-order valence-corrected chi connectivity index (χ4v) is 1.63. The molecular formula is C10H13ClN2O. The number of halogens is 1. The van der Waals surface area contributed by atoms with Gasteiger partial charge < -0.3 is 10.1 Å². The zero-order valence-electron chi connectivity index (χ0n) is 8.03. The Morgan fingerprint density at radius 3 is 3.00 bits per heavy atom. The molecule has 1 N–H and O–H groups in total. The van der Waals surface area contributed by atoms with Crippen LogP contribution in [-0.2, 0) is 0 Å². The first-order chi connectivity index (χ1) is 6.75. The Balaban J connectivity index is 1.95. The third-order valence-electron chi connectivity index (χ3n) is 2.43. The van der Waals surface area contributed by atoms with E-state index in [4.69, 9.17) is 16.3 Å². The summed E-state index contributed by atoms with van der Waals surface area (Å²) in [7, 11) is 0. The van der Waals surface area contributed by atoms with Crippen molar-refractivity contribution in [1.82, 2.24) is 10.3 Å². The predicted molar refractivity (Wildman–Crippen MR) is 55.7 cm³/mol. The minimum atomic E-state index is 0.170. The molecule has 0 bridgehead atoms. The minimum absolute atomic E-state index is 0.170. The predicted octanol–water partition coefficient (Wildman–Crippen LogP) is 1.86. The Kier molecular flexibility index (Phi) is 2.89. The van der Waals surface area contributed by atoms with Crippen molar-refractivity contribution in [2.75, 3.05) is 6.54 Å². The van der Waals surface area contributed by atoms with Crippen LogP contribution in [0.2, 0.25) is 5.02 Å². The van der Waals surface area contributed by atoms with Crippen LogP contribution in [0.3, 0.4) is 0 Å². The van der Waals surface area contributed by atoms with Crippen molar-refractivity contribution in [3.8, 4) is 5.75 Å². The highest BCUT2D eigenvalue weighted by molar-refractivity contribution is 6.30. The molecule has 0 saturated carbocycles. The number of nitrogens with one attached hydrogen (secondary N) is 1. The van der Waals surface area contributed by atoms with E-state index in [-0.39, 0.29) is 6.10 Å². The molecule has 76 valence electrons. The van der Waals surface area contributed by atoms with Gasteiger partial charge >= 0.3 is 0 Å². The van der Waals surface area contributed by atoms with Crippen molar-refractivity contribution < 1.29 is 4.74 Å². The summed E-state index contributed by atoms with van der Waals surface area (Å²) >= 11 is 5.80. The number of aromatic nitrogens is 1. The van der Waals surface area contributed by atoms with Gasteiger partial charge in [-0.3, -0.25) is 4.98 Å². The molecule has 1 aliphatic heterocycles. The first kappa shape index (κ1) is 9.74. The second kappa shape index (κ2) is 4.15. The van der Waals surface area contributed by atoms with Crippen molar-refractivity contribution in [3.63, 3.8) is 0 Å². The number of hydrogen-bond acceptors (Lipinski definition) is 3. The SMILES string of the molecule is CC(Oc1cncc(Cl)c1)[C@@H]1CCN1. The molecule has 14 heavy (non-hydrogen) atoms. The topological polar surface area (TPSA) is 34.1 Å². The van der Waals surface area contributed by atoms with E-state index in [1.165, 1.54) is 6.42 Å². The van der Waals surface area contributed by atoms with Crippen molar-refractivity contribution in [3.05, 3.63) is 23.5 Å². The van der Waals surface area contributed by atoms with E-state index >= 15 is 0 Å². The lowest BCUT2D eigenvalue weighted by atomic mass is 10.0. The van der Waals surface area contributed by atoms with E-state index in [0.717, 1.165) is 12.3 Å². The van der Waals surface area contributed by atoms with E-state index < -0.39 is 0 Å². The Morgan fingerprint density at radius 1 is 1.64 bits per heavy atom. The molecule has 3 nitrogen and oxygen atoms in total. The number of ether oxygens (including phenoxy) is 1. The highest BCUT2D eigenvalue weighted by Gasteiger charge is 2.24. The average molecular weight is 213 g/mol. The lowest BCUT2D eigenvalue weighted by Gasteiger charge is -2.33. The van der Waals surface area contributed by atoms with E-state index in [1.807, 2.05) is 0 Å². The second-order valence-corrected chi connectivity index (χ2v) is 3.95. The van der Waals surface area contributed by atoms with Crippen molar-refractivity contribution in [2.24, 2.45) is 0 Å². The van der Waals surface area contributed by atoms with Gasteiger partial charge in [0.1, 0.15) is 11.9 Å². The van der Waals surface area contributed by atoms with Crippen molar-refractivity contribution in [2.45, 2.75) is 25.5 Å². The fourth-order valence-electron chi connectivity index (χ4n) is 1.47. The molecule has 1 unspecified atom stereocenters. The lowest BCUT2D eigenvalue weighted by molar-refractivity contribution is 0.133. The quantitative estimate of drug-likeness (QED) is 0.831. The molecule has 0 aliphatic carbocycles. The first-order valence-corrected chi connectivity index (χ1v) is 5.14. The molecule has 0 amide bonds. The van der Waals surface area contributed by atoms with Crippen LogP contribution in [0.4, 0.5) is 0 Å². The van der Waals surface area contributed by atoms with E-state index in [9.17, 15) is 0 Å². The van der Waals surface area contributed by atoms with Crippen molar-refractivity contribution >= 4 is 11.6 Å². The summed E-state index contributed by atoms with van der Waals surface area (Å²) in [6, 6.07) is 2.25. The normalized spacial score (nSPS) is 22.6. The molecule has 2 heterocycles. The van der Waals surface area contributed by atoms with Gasteiger partial charge in [0.2, 0.25) is 0 Å². The number of nitrogens with zero attached hydrogens (tertiary/aromatic N) is 1. The molecule has 1 aromatic heterocycles. The van der Waals surface area contributed by atoms with E-state index in [1.54, 1.807) is 18.5 Å². The molecular weight excluding hydrogens is 200 g/mol. The van der Waals surface area contributed by atoms with Gasteiger partial charge in [0.05, 0.1) is 11.2 Å². The summed E-state index contributed by atoms with van der Waals surface area (Å²) in [4.78, 5) is 3.96. The van der Waals surface area contributed by atoms with Crippen LogP contribution in [0.15, 0.2) is 18.5 Å². The monoisotopic (exact) mass is 212 g/mol. The molecule has 1 aliphatic rings. The summed E-state index contributed by atoms with van der Waals surface area (Å²) in [5.74, 6) is 0.735. The maximum atomic E-state index is 5.80. The standard InChI is InChI=1S/C10H13ClN2O/c1-7(10-2-3-13-10)14-9-4-8(11)5-12-6-9/h4-7,10,13H,2-3H2,1H3/t7?,10-/m0/s1. The summed E-state index contributed by atoms with van der Waals surface area (Å²) < 4.78 is 5.69. The Bertz CT molecular complexity index is 315. The van der Waals surface area contributed by atoms with Crippen LogP contribution in [0.25, 0.3) is 0 Å². The van der Waals surface area contributed by atoms with Crippen LogP contribution < -0.4 is 10.1 Å². The second-order valence-electron chi connectivity index (χ2n) is 3.51. The fraction of sp³-hybridized carbons (Fsp3) is 0.500. The van der Waals surface area contributed by atoms with Gasteiger partial charge in [-0.15, -0.1) is 0 Å². The summed E-state index contributed by atoms with van der Waals surface area (Å²) in [6.07, 6.45) is 4.63. The molecule has 2 rings (SSSR count). The van der Waals surface area contributed by atoms with Crippen molar-refractivity contribution in [1.29, 1.82) is 0 Å². The smallest absolute Gasteiger partial charge is 0.139 e. The van der Waals surface area contributed by atoms with Gasteiger partial charge in [0.15, 0.2) is 0 Å². The highest BCUT2D eigenvalue weighted by atomic mass is 35.5. The van der Waals surface area contributed by atoms with E-state index in [0.29, 0.717) is 11.1 Å². The van der Waals surface area contributed by atoms with Gasteiger partial charge in [0.25, 0.3) is 0 Å². The average Bonchev–Trinajstić information content (AvgIpc) is 1.99. The molecule has 2 atom stereocenters. The largest absolute Gasteiger partial charge is 0.487 e. The van der Waals surface area contributed by atoms with Gasteiger partial charge in [-0.05, 0) is 19.9 Å². The zero-order chi connectivity index (χ0) is 9.97. The zero-order valence-corrected chi connectivity index (χ0v) is 8.79. The molecule has 0 spiro atoms. The first-order valence-electron chi connectivity index (χ1n) is 4.76.